The van der Waals surface area contributed by atoms with Gasteiger partial charge in [0.2, 0.25) is 0 Å². The van der Waals surface area contributed by atoms with E-state index in [1.54, 1.807) is 0 Å². The SMILES string of the molecule is CCCCCC(CC(C(=O)O)C(=O)O)C(C)(C)C.[H-].[H-].[Mg+2]. The van der Waals surface area contributed by atoms with Gasteiger partial charge in [0.25, 0.3) is 0 Å². The van der Waals surface area contributed by atoms with Gasteiger partial charge >= 0.3 is 35.0 Å². The van der Waals surface area contributed by atoms with E-state index < -0.39 is 17.9 Å². The van der Waals surface area contributed by atoms with Gasteiger partial charge in [0.1, 0.15) is 0 Å². The first-order valence-corrected chi connectivity index (χ1v) is 6.65. The third-order valence-electron chi connectivity index (χ3n) is 3.50. The van der Waals surface area contributed by atoms with E-state index in [-0.39, 0.29) is 43.7 Å². The zero-order valence-corrected chi connectivity index (χ0v) is 14.0. The maximum atomic E-state index is 11.0. The minimum atomic E-state index is -1.28. The molecular formula is C14H28MgO4. The van der Waals surface area contributed by atoms with Crippen molar-refractivity contribution in [2.24, 2.45) is 17.3 Å². The summed E-state index contributed by atoms with van der Waals surface area (Å²) in [4.78, 5) is 21.9. The van der Waals surface area contributed by atoms with E-state index in [0.717, 1.165) is 25.7 Å². The number of hydrogen-bond acceptors (Lipinski definition) is 2. The summed E-state index contributed by atoms with van der Waals surface area (Å²) in [5, 5.41) is 17.9. The van der Waals surface area contributed by atoms with E-state index >= 15 is 0 Å². The van der Waals surface area contributed by atoms with Crippen LogP contribution in [-0.2, 0) is 9.59 Å². The van der Waals surface area contributed by atoms with Gasteiger partial charge in [-0.3, -0.25) is 9.59 Å². The summed E-state index contributed by atoms with van der Waals surface area (Å²) in [7, 11) is 0. The first kappa shape index (κ1) is 21.0. The van der Waals surface area contributed by atoms with Crippen LogP contribution in [0.1, 0.15) is 62.7 Å². The Morgan fingerprint density at radius 1 is 1.11 bits per heavy atom. The molecule has 0 aromatic rings. The summed E-state index contributed by atoms with van der Waals surface area (Å²) in [6.07, 6.45) is 4.37. The Labute approximate surface area is 135 Å². The average molecular weight is 285 g/mol. The van der Waals surface area contributed by atoms with Gasteiger partial charge in [-0.1, -0.05) is 47.0 Å². The van der Waals surface area contributed by atoms with Gasteiger partial charge in [0.05, 0.1) is 0 Å². The molecule has 0 rings (SSSR count). The van der Waals surface area contributed by atoms with Gasteiger partial charge in [-0.2, -0.15) is 0 Å². The Morgan fingerprint density at radius 3 is 1.89 bits per heavy atom. The van der Waals surface area contributed by atoms with Crippen molar-refractivity contribution in [1.82, 2.24) is 0 Å². The minimum Gasteiger partial charge on any atom is -1.00 e. The molecule has 0 aliphatic rings. The van der Waals surface area contributed by atoms with Crippen molar-refractivity contribution in [3.8, 4) is 0 Å². The quantitative estimate of drug-likeness (QED) is 0.407. The Morgan fingerprint density at radius 2 is 1.58 bits per heavy atom. The van der Waals surface area contributed by atoms with Crippen LogP contribution in [0.4, 0.5) is 0 Å². The molecule has 4 nitrogen and oxygen atoms in total. The third-order valence-corrected chi connectivity index (χ3v) is 3.50. The van der Waals surface area contributed by atoms with E-state index in [1.165, 1.54) is 0 Å². The molecule has 110 valence electrons. The van der Waals surface area contributed by atoms with Gasteiger partial charge in [-0.25, -0.2) is 0 Å². The minimum absolute atomic E-state index is 0. The number of carboxylic acids is 2. The van der Waals surface area contributed by atoms with Gasteiger partial charge < -0.3 is 13.1 Å². The molecule has 0 bridgehead atoms. The standard InChI is InChI=1S/C14H26O4.Mg.2H/c1-5-6-7-8-10(14(2,3)4)9-11(12(15)16)13(17)18;;;/h10-11H,5-9H2,1-4H3,(H,15,16)(H,17,18);;;/q;+2;2*-1. The molecule has 1 atom stereocenters. The van der Waals surface area contributed by atoms with E-state index in [4.69, 9.17) is 10.2 Å². The predicted molar refractivity (Wildman–Crippen MR) is 78.4 cm³/mol. The molecule has 2 N–H and O–H groups in total. The van der Waals surface area contributed by atoms with Gasteiger partial charge in [0, 0.05) is 0 Å². The zero-order chi connectivity index (χ0) is 14.3. The van der Waals surface area contributed by atoms with E-state index in [1.807, 2.05) is 20.8 Å². The van der Waals surface area contributed by atoms with Crippen molar-refractivity contribution < 1.29 is 22.7 Å². The van der Waals surface area contributed by atoms with E-state index in [0.29, 0.717) is 0 Å². The molecule has 0 aromatic heterocycles. The fourth-order valence-electron chi connectivity index (χ4n) is 2.14. The molecule has 0 aliphatic carbocycles. The molecule has 0 saturated heterocycles. The smallest absolute Gasteiger partial charge is 1.00 e. The molecule has 0 aromatic carbocycles. The summed E-state index contributed by atoms with van der Waals surface area (Å²) in [5.41, 5.74) is -0.0586. The molecule has 0 heterocycles. The molecular weight excluding hydrogens is 256 g/mol. The van der Waals surface area contributed by atoms with Crippen molar-refractivity contribution in [3.63, 3.8) is 0 Å². The molecule has 5 heteroatoms. The first-order chi connectivity index (χ1) is 8.20. The van der Waals surface area contributed by atoms with Crippen molar-refractivity contribution in [1.29, 1.82) is 0 Å². The predicted octanol–water partition coefficient (Wildman–Crippen LogP) is 3.25. The monoisotopic (exact) mass is 284 g/mol. The number of rotatable bonds is 8. The average Bonchev–Trinajstić information content (AvgIpc) is 2.20. The largest absolute Gasteiger partial charge is 2.00 e. The van der Waals surface area contributed by atoms with Gasteiger partial charge in [0.15, 0.2) is 5.92 Å². The van der Waals surface area contributed by atoms with Crippen molar-refractivity contribution in [3.05, 3.63) is 0 Å². The molecule has 19 heavy (non-hydrogen) atoms. The second-order valence-electron chi connectivity index (χ2n) is 6.02. The van der Waals surface area contributed by atoms with E-state index in [2.05, 4.69) is 6.92 Å². The molecule has 0 aliphatic heterocycles. The number of carbonyl (C=O) groups is 2. The van der Waals surface area contributed by atoms with Gasteiger partial charge in [-0.15, -0.1) is 0 Å². The number of aliphatic carboxylic acids is 2. The van der Waals surface area contributed by atoms with Gasteiger partial charge in [-0.05, 0) is 24.2 Å². The fraction of sp³-hybridized carbons (Fsp3) is 0.857. The van der Waals surface area contributed by atoms with Crippen LogP contribution in [0.2, 0.25) is 0 Å². The summed E-state index contributed by atoms with van der Waals surface area (Å²) >= 11 is 0. The Bertz CT molecular complexity index is 279. The molecule has 0 saturated carbocycles. The summed E-state index contributed by atoms with van der Waals surface area (Å²) in [6, 6.07) is 0. The maximum absolute atomic E-state index is 11.0. The van der Waals surface area contributed by atoms with Crippen LogP contribution in [0.5, 0.6) is 0 Å². The van der Waals surface area contributed by atoms with Crippen LogP contribution >= 0.6 is 0 Å². The van der Waals surface area contributed by atoms with Crippen molar-refractivity contribution in [2.45, 2.75) is 59.8 Å². The molecule has 0 radical (unpaired) electrons. The van der Waals surface area contributed by atoms with Crippen LogP contribution in [-0.4, -0.2) is 45.2 Å². The molecule has 0 spiro atoms. The Kier molecular flexibility index (Phi) is 10.6. The maximum Gasteiger partial charge on any atom is 2.00 e. The van der Waals surface area contributed by atoms with Crippen molar-refractivity contribution in [2.75, 3.05) is 0 Å². The normalized spacial score (nSPS) is 12.9. The first-order valence-electron chi connectivity index (χ1n) is 6.65. The topological polar surface area (TPSA) is 74.6 Å². The van der Waals surface area contributed by atoms with Crippen LogP contribution < -0.4 is 0 Å². The zero-order valence-electron chi connectivity index (χ0n) is 14.6. The van der Waals surface area contributed by atoms with E-state index in [9.17, 15) is 9.59 Å². The molecule has 0 amide bonds. The summed E-state index contributed by atoms with van der Waals surface area (Å²) in [6.45, 7) is 8.25. The fourth-order valence-corrected chi connectivity index (χ4v) is 2.14. The van der Waals surface area contributed by atoms with Crippen molar-refractivity contribution >= 4 is 35.0 Å². The number of unbranched alkanes of at least 4 members (excludes halogenated alkanes) is 2. The second-order valence-corrected chi connectivity index (χ2v) is 6.02. The van der Waals surface area contributed by atoms with Crippen LogP contribution in [0, 0.1) is 17.3 Å². The van der Waals surface area contributed by atoms with Crippen LogP contribution in [0.15, 0.2) is 0 Å². The number of hydrogen-bond donors (Lipinski definition) is 2. The van der Waals surface area contributed by atoms with Crippen LogP contribution in [0.3, 0.4) is 0 Å². The third kappa shape index (κ3) is 8.47. The number of carboxylic acid groups (broad SMARTS) is 2. The summed E-state index contributed by atoms with van der Waals surface area (Å²) in [5.74, 6) is -3.61. The van der Waals surface area contributed by atoms with Crippen LogP contribution in [0.25, 0.3) is 0 Å². The molecule has 0 fully saturated rings. The Balaban J connectivity index is -0.000000482. The second kappa shape index (κ2) is 9.59. The Hall–Kier alpha value is -0.294. The molecule has 1 unspecified atom stereocenters. The summed E-state index contributed by atoms with van der Waals surface area (Å²) < 4.78 is 0.